The maximum absolute atomic E-state index is 13.7. The molecule has 0 spiro atoms. The Kier molecular flexibility index (Phi) is 2.50. The molecule has 1 heterocycles. The second-order valence-electron chi connectivity index (χ2n) is 4.21. The van der Waals surface area contributed by atoms with Gasteiger partial charge in [0.05, 0.1) is 10.0 Å². The molecule has 0 radical (unpaired) electrons. The largest absolute Gasteiger partial charge is 0.342 e. The van der Waals surface area contributed by atoms with E-state index in [1.807, 2.05) is 0 Å². The standard InChI is InChI=1S/C12H9BrF2N2/c13-8-4-9(14)7(3-10(8)15)12-16-5-11(17-12)6-1-2-6/h3-6H,1-2H2,(H,16,17). The van der Waals surface area contributed by atoms with Crippen molar-refractivity contribution in [1.29, 1.82) is 0 Å². The van der Waals surface area contributed by atoms with Gasteiger partial charge in [0.15, 0.2) is 0 Å². The van der Waals surface area contributed by atoms with Gasteiger partial charge in [0.1, 0.15) is 17.5 Å². The van der Waals surface area contributed by atoms with Gasteiger partial charge in [-0.1, -0.05) is 0 Å². The minimum absolute atomic E-state index is 0.118. The zero-order valence-electron chi connectivity index (χ0n) is 8.80. The predicted octanol–water partition coefficient (Wildman–Crippen LogP) is 3.99. The molecule has 3 rings (SSSR count). The number of nitrogens with zero attached hydrogens (tertiary/aromatic N) is 1. The van der Waals surface area contributed by atoms with E-state index in [0.29, 0.717) is 11.7 Å². The van der Waals surface area contributed by atoms with Crippen molar-refractivity contribution in [3.05, 3.63) is 40.1 Å². The van der Waals surface area contributed by atoms with Crippen molar-refractivity contribution in [3.63, 3.8) is 0 Å². The van der Waals surface area contributed by atoms with E-state index in [4.69, 9.17) is 0 Å². The summed E-state index contributed by atoms with van der Waals surface area (Å²) in [5.74, 6) is -0.0869. The van der Waals surface area contributed by atoms with E-state index < -0.39 is 11.6 Å². The number of H-pyrrole nitrogens is 1. The Morgan fingerprint density at radius 2 is 2.00 bits per heavy atom. The van der Waals surface area contributed by atoms with Gasteiger partial charge < -0.3 is 4.98 Å². The van der Waals surface area contributed by atoms with E-state index >= 15 is 0 Å². The first-order valence-electron chi connectivity index (χ1n) is 5.35. The van der Waals surface area contributed by atoms with Crippen LogP contribution in [0.4, 0.5) is 8.78 Å². The minimum atomic E-state index is -0.495. The van der Waals surface area contributed by atoms with Gasteiger partial charge in [-0.05, 0) is 40.9 Å². The Morgan fingerprint density at radius 1 is 1.24 bits per heavy atom. The monoisotopic (exact) mass is 298 g/mol. The lowest BCUT2D eigenvalue weighted by Crippen LogP contribution is -1.90. The van der Waals surface area contributed by atoms with Crippen LogP contribution in [-0.2, 0) is 0 Å². The molecule has 1 aromatic heterocycles. The number of benzene rings is 1. The lowest BCUT2D eigenvalue weighted by Gasteiger charge is -2.01. The molecule has 0 unspecified atom stereocenters. The maximum atomic E-state index is 13.7. The van der Waals surface area contributed by atoms with Crippen LogP contribution in [0.15, 0.2) is 22.8 Å². The van der Waals surface area contributed by atoms with Gasteiger partial charge in [-0.25, -0.2) is 13.8 Å². The number of imidazole rings is 1. The Bertz CT molecular complexity index is 576. The molecule has 1 aliphatic carbocycles. The van der Waals surface area contributed by atoms with Crippen molar-refractivity contribution in [2.45, 2.75) is 18.8 Å². The zero-order valence-corrected chi connectivity index (χ0v) is 10.4. The predicted molar refractivity (Wildman–Crippen MR) is 63.6 cm³/mol. The van der Waals surface area contributed by atoms with Crippen LogP contribution in [0.25, 0.3) is 11.4 Å². The van der Waals surface area contributed by atoms with Crippen LogP contribution in [0.5, 0.6) is 0 Å². The molecular weight excluding hydrogens is 290 g/mol. The molecule has 0 bridgehead atoms. The molecule has 0 aliphatic heterocycles. The minimum Gasteiger partial charge on any atom is -0.342 e. The summed E-state index contributed by atoms with van der Waals surface area (Å²) in [6, 6.07) is 2.26. The first-order chi connectivity index (χ1) is 8.15. The molecule has 0 amide bonds. The quantitative estimate of drug-likeness (QED) is 0.834. The zero-order chi connectivity index (χ0) is 12.0. The third-order valence-electron chi connectivity index (χ3n) is 2.88. The van der Waals surface area contributed by atoms with Crippen molar-refractivity contribution in [1.82, 2.24) is 9.97 Å². The van der Waals surface area contributed by atoms with Crippen molar-refractivity contribution >= 4 is 15.9 Å². The van der Waals surface area contributed by atoms with Gasteiger partial charge in [0, 0.05) is 17.8 Å². The molecule has 1 saturated carbocycles. The van der Waals surface area contributed by atoms with Gasteiger partial charge in [-0.15, -0.1) is 0 Å². The number of aromatic nitrogens is 2. The van der Waals surface area contributed by atoms with Crippen molar-refractivity contribution in [3.8, 4) is 11.4 Å². The lowest BCUT2D eigenvalue weighted by molar-refractivity contribution is 0.596. The average molecular weight is 299 g/mol. The highest BCUT2D eigenvalue weighted by Gasteiger charge is 2.26. The van der Waals surface area contributed by atoms with Gasteiger partial charge in [-0.3, -0.25) is 0 Å². The fourth-order valence-electron chi connectivity index (χ4n) is 1.78. The van der Waals surface area contributed by atoms with Gasteiger partial charge in [0.25, 0.3) is 0 Å². The molecule has 2 aromatic rings. The average Bonchev–Trinajstić information content (AvgIpc) is 3.03. The molecule has 1 aromatic carbocycles. The smallest absolute Gasteiger partial charge is 0.140 e. The molecule has 1 N–H and O–H groups in total. The van der Waals surface area contributed by atoms with E-state index in [9.17, 15) is 8.78 Å². The van der Waals surface area contributed by atoms with Gasteiger partial charge in [-0.2, -0.15) is 0 Å². The summed E-state index contributed by atoms with van der Waals surface area (Å²) in [6.45, 7) is 0. The van der Waals surface area contributed by atoms with Crippen molar-refractivity contribution in [2.75, 3.05) is 0 Å². The number of hydrogen-bond acceptors (Lipinski definition) is 1. The summed E-state index contributed by atoms with van der Waals surface area (Å²) in [7, 11) is 0. The Hall–Kier alpha value is -1.23. The second kappa shape index (κ2) is 3.91. The Labute approximate surface area is 105 Å². The van der Waals surface area contributed by atoms with Crippen LogP contribution in [-0.4, -0.2) is 9.97 Å². The topological polar surface area (TPSA) is 28.7 Å². The highest BCUT2D eigenvalue weighted by molar-refractivity contribution is 9.10. The fraction of sp³-hybridized carbons (Fsp3) is 0.250. The van der Waals surface area contributed by atoms with Crippen LogP contribution >= 0.6 is 15.9 Å². The van der Waals surface area contributed by atoms with E-state index in [1.165, 1.54) is 0 Å². The number of aromatic amines is 1. The van der Waals surface area contributed by atoms with Crippen LogP contribution < -0.4 is 0 Å². The highest BCUT2D eigenvalue weighted by atomic mass is 79.9. The molecule has 1 aliphatic rings. The molecule has 2 nitrogen and oxygen atoms in total. The Morgan fingerprint density at radius 3 is 2.71 bits per heavy atom. The van der Waals surface area contributed by atoms with E-state index in [1.54, 1.807) is 6.20 Å². The Balaban J connectivity index is 2.04. The molecule has 1 fully saturated rings. The summed E-state index contributed by atoms with van der Waals surface area (Å²) in [5, 5.41) is 0. The summed E-state index contributed by atoms with van der Waals surface area (Å²) in [4.78, 5) is 7.15. The normalized spacial score (nSPS) is 15.2. The molecule has 17 heavy (non-hydrogen) atoms. The molecular formula is C12H9BrF2N2. The van der Waals surface area contributed by atoms with Crippen LogP contribution in [0.1, 0.15) is 24.5 Å². The van der Waals surface area contributed by atoms with Crippen LogP contribution in [0.2, 0.25) is 0 Å². The second-order valence-corrected chi connectivity index (χ2v) is 5.06. The van der Waals surface area contributed by atoms with Crippen LogP contribution in [0.3, 0.4) is 0 Å². The van der Waals surface area contributed by atoms with Gasteiger partial charge >= 0.3 is 0 Å². The molecule has 0 saturated heterocycles. The van der Waals surface area contributed by atoms with Gasteiger partial charge in [0.2, 0.25) is 0 Å². The third-order valence-corrected chi connectivity index (χ3v) is 3.49. The first kappa shape index (κ1) is 10.9. The summed E-state index contributed by atoms with van der Waals surface area (Å²) < 4.78 is 27.2. The third kappa shape index (κ3) is 1.99. The number of halogens is 3. The molecule has 0 atom stereocenters. The SMILES string of the molecule is Fc1cc(-c2ncc(C3CC3)[nH]2)c(F)cc1Br. The van der Waals surface area contributed by atoms with Crippen LogP contribution in [0, 0.1) is 11.6 Å². The van der Waals surface area contributed by atoms with Crippen molar-refractivity contribution in [2.24, 2.45) is 0 Å². The fourth-order valence-corrected chi connectivity index (χ4v) is 2.09. The maximum Gasteiger partial charge on any atom is 0.140 e. The molecule has 5 heteroatoms. The number of rotatable bonds is 2. The van der Waals surface area contributed by atoms with Crippen molar-refractivity contribution < 1.29 is 8.78 Å². The number of nitrogens with one attached hydrogen (secondary N) is 1. The summed E-state index contributed by atoms with van der Waals surface area (Å²) >= 11 is 2.95. The molecule has 88 valence electrons. The van der Waals surface area contributed by atoms with E-state index in [2.05, 4.69) is 25.9 Å². The summed E-state index contributed by atoms with van der Waals surface area (Å²) in [6.07, 6.45) is 3.98. The highest BCUT2D eigenvalue weighted by Crippen LogP contribution is 2.39. The lowest BCUT2D eigenvalue weighted by atomic mass is 10.2. The van der Waals surface area contributed by atoms with E-state index in [0.717, 1.165) is 30.7 Å². The first-order valence-corrected chi connectivity index (χ1v) is 6.14. The summed E-state index contributed by atoms with van der Waals surface area (Å²) in [5.41, 5.74) is 1.17. The van der Waals surface area contributed by atoms with E-state index in [-0.39, 0.29) is 10.0 Å². The number of hydrogen-bond donors (Lipinski definition) is 1.